The van der Waals surface area contributed by atoms with Gasteiger partial charge in [-0.05, 0) is 24.3 Å². The molecule has 0 spiro atoms. The molecule has 29 heavy (non-hydrogen) atoms. The van der Waals surface area contributed by atoms with Crippen LogP contribution in [0.2, 0.25) is 0 Å². The van der Waals surface area contributed by atoms with E-state index in [0.717, 1.165) is 4.90 Å². The number of hydrogen-bond donors (Lipinski definition) is 2. The number of carbonyl (C=O) groups excluding carboxylic acids is 3. The van der Waals surface area contributed by atoms with Crippen molar-refractivity contribution < 1.29 is 28.6 Å². The maximum absolute atomic E-state index is 12.6. The molecule has 3 amide bonds. The lowest BCUT2D eigenvalue weighted by molar-refractivity contribution is -0.121. The number of hydrogen-bond acceptors (Lipinski definition) is 7. The molecule has 9 nitrogen and oxygen atoms in total. The summed E-state index contributed by atoms with van der Waals surface area (Å²) in [5, 5.41) is 0. The number of ether oxygens (including phenoxy) is 3. The third kappa shape index (κ3) is 3.99. The minimum atomic E-state index is -0.867. The van der Waals surface area contributed by atoms with E-state index in [2.05, 4.69) is 10.9 Å². The van der Waals surface area contributed by atoms with Crippen molar-refractivity contribution in [3.05, 3.63) is 48.0 Å². The highest BCUT2D eigenvalue weighted by Gasteiger charge is 2.39. The first-order valence-corrected chi connectivity index (χ1v) is 8.77. The number of imide groups is 1. The fourth-order valence-electron chi connectivity index (χ4n) is 3.03. The van der Waals surface area contributed by atoms with Crippen LogP contribution in [0.3, 0.4) is 0 Å². The van der Waals surface area contributed by atoms with Crippen molar-refractivity contribution in [3.63, 3.8) is 0 Å². The summed E-state index contributed by atoms with van der Waals surface area (Å²) in [5.74, 6) is -0.317. The molecule has 1 aliphatic rings. The van der Waals surface area contributed by atoms with E-state index in [1.54, 1.807) is 30.3 Å². The first kappa shape index (κ1) is 20.2. The number of hydrazine groups is 1. The van der Waals surface area contributed by atoms with E-state index < -0.39 is 17.9 Å². The predicted molar refractivity (Wildman–Crippen MR) is 104 cm³/mol. The molecule has 1 fully saturated rings. The summed E-state index contributed by atoms with van der Waals surface area (Å²) in [6, 6.07) is 10.7. The summed E-state index contributed by atoms with van der Waals surface area (Å²) in [7, 11) is 4.35. The average Bonchev–Trinajstić information content (AvgIpc) is 3.04. The normalized spacial score (nSPS) is 16.0. The van der Waals surface area contributed by atoms with Gasteiger partial charge in [-0.1, -0.05) is 18.2 Å². The Morgan fingerprint density at radius 3 is 2.17 bits per heavy atom. The van der Waals surface area contributed by atoms with E-state index in [4.69, 9.17) is 14.2 Å². The number of nitrogens with zero attached hydrogens (tertiary/aromatic N) is 1. The number of anilines is 1. The maximum atomic E-state index is 12.6. The molecule has 2 aromatic carbocycles. The summed E-state index contributed by atoms with van der Waals surface area (Å²) >= 11 is 0. The first-order valence-electron chi connectivity index (χ1n) is 8.77. The lowest BCUT2D eigenvalue weighted by Crippen LogP contribution is -2.48. The molecule has 0 saturated carbocycles. The highest BCUT2D eigenvalue weighted by atomic mass is 16.5. The Morgan fingerprint density at radius 1 is 1.00 bits per heavy atom. The Hall–Kier alpha value is -3.59. The van der Waals surface area contributed by atoms with Gasteiger partial charge in [-0.15, -0.1) is 0 Å². The second-order valence-corrected chi connectivity index (χ2v) is 6.17. The number of nitrogens with one attached hydrogen (secondary N) is 2. The van der Waals surface area contributed by atoms with Crippen LogP contribution in [0, 0.1) is 0 Å². The molecule has 1 heterocycles. The predicted octanol–water partition coefficient (Wildman–Crippen LogP) is 1.28. The Labute approximate surface area is 167 Å². The third-order valence-electron chi connectivity index (χ3n) is 4.45. The molecule has 1 aliphatic heterocycles. The van der Waals surface area contributed by atoms with Crippen LogP contribution in [0.5, 0.6) is 17.2 Å². The van der Waals surface area contributed by atoms with Crippen LogP contribution in [0.25, 0.3) is 0 Å². The van der Waals surface area contributed by atoms with Gasteiger partial charge in [-0.2, -0.15) is 0 Å². The molecule has 2 N–H and O–H groups in total. The van der Waals surface area contributed by atoms with Crippen molar-refractivity contribution in [2.45, 2.75) is 12.5 Å². The van der Waals surface area contributed by atoms with E-state index >= 15 is 0 Å². The highest BCUT2D eigenvalue weighted by Crippen LogP contribution is 2.38. The number of rotatable bonds is 7. The van der Waals surface area contributed by atoms with Crippen molar-refractivity contribution in [1.29, 1.82) is 0 Å². The van der Waals surface area contributed by atoms with Crippen LogP contribution in [0.4, 0.5) is 5.69 Å². The Kier molecular flexibility index (Phi) is 5.99. The van der Waals surface area contributed by atoms with E-state index in [1.165, 1.54) is 33.5 Å². The van der Waals surface area contributed by atoms with Crippen molar-refractivity contribution in [1.82, 2.24) is 10.9 Å². The van der Waals surface area contributed by atoms with Gasteiger partial charge in [0.2, 0.25) is 11.7 Å². The van der Waals surface area contributed by atoms with Crippen LogP contribution in [0.1, 0.15) is 16.8 Å². The van der Waals surface area contributed by atoms with E-state index in [9.17, 15) is 14.4 Å². The quantitative estimate of drug-likeness (QED) is 0.534. The van der Waals surface area contributed by atoms with Gasteiger partial charge >= 0.3 is 0 Å². The number of para-hydroxylation sites is 1. The molecule has 0 bridgehead atoms. The van der Waals surface area contributed by atoms with Crippen molar-refractivity contribution in [2.24, 2.45) is 0 Å². The van der Waals surface area contributed by atoms with Crippen LogP contribution >= 0.6 is 0 Å². The zero-order valence-corrected chi connectivity index (χ0v) is 16.2. The van der Waals surface area contributed by atoms with Crippen molar-refractivity contribution >= 4 is 23.4 Å². The van der Waals surface area contributed by atoms with Gasteiger partial charge in [-0.25, -0.2) is 10.3 Å². The van der Waals surface area contributed by atoms with Crippen LogP contribution in [0.15, 0.2) is 42.5 Å². The van der Waals surface area contributed by atoms with Gasteiger partial charge in [0.05, 0.1) is 33.4 Å². The summed E-state index contributed by atoms with van der Waals surface area (Å²) in [4.78, 5) is 38.5. The molecule has 1 saturated heterocycles. The largest absolute Gasteiger partial charge is 0.493 e. The van der Waals surface area contributed by atoms with Crippen molar-refractivity contribution in [3.8, 4) is 17.2 Å². The standard InChI is InChI=1S/C20H21N3O6/c1-27-15-9-12(10-16(28-2)18(15)29-3)19(25)22-21-14-11-17(24)23(20(14)26)13-7-5-4-6-8-13/h4-10,14,21H,11H2,1-3H3,(H,22,25). The molecule has 0 aliphatic carbocycles. The van der Waals surface area contributed by atoms with Crippen molar-refractivity contribution in [2.75, 3.05) is 26.2 Å². The lowest BCUT2D eigenvalue weighted by atomic mass is 10.1. The van der Waals surface area contributed by atoms with Gasteiger partial charge in [0.1, 0.15) is 6.04 Å². The molecule has 1 atom stereocenters. The smallest absolute Gasteiger partial charge is 0.265 e. The fraction of sp³-hybridized carbons (Fsp3) is 0.250. The van der Waals surface area contributed by atoms with Gasteiger partial charge in [-0.3, -0.25) is 19.8 Å². The topological polar surface area (TPSA) is 106 Å². The molecule has 152 valence electrons. The highest BCUT2D eigenvalue weighted by molar-refractivity contribution is 6.22. The molecule has 0 radical (unpaired) electrons. The molecule has 2 aromatic rings. The summed E-state index contributed by atoms with van der Waals surface area (Å²) in [5.41, 5.74) is 5.82. The van der Waals surface area contributed by atoms with Gasteiger partial charge in [0.25, 0.3) is 11.8 Å². The fourth-order valence-corrected chi connectivity index (χ4v) is 3.03. The molecule has 0 aromatic heterocycles. The number of methoxy groups -OCH3 is 3. The number of amides is 3. The van der Waals surface area contributed by atoms with Crippen LogP contribution in [-0.4, -0.2) is 45.1 Å². The first-order chi connectivity index (χ1) is 14.0. The molecular formula is C20H21N3O6. The monoisotopic (exact) mass is 399 g/mol. The maximum Gasteiger partial charge on any atom is 0.265 e. The van der Waals surface area contributed by atoms with Gasteiger partial charge < -0.3 is 14.2 Å². The SMILES string of the molecule is COc1cc(C(=O)NNC2CC(=O)N(c3ccccc3)C2=O)cc(OC)c1OC. The number of carbonyl (C=O) groups is 3. The van der Waals surface area contributed by atoms with E-state index in [1.807, 2.05) is 0 Å². The molecule has 1 unspecified atom stereocenters. The van der Waals surface area contributed by atoms with Gasteiger partial charge in [0.15, 0.2) is 11.5 Å². The summed E-state index contributed by atoms with van der Waals surface area (Å²) in [6.45, 7) is 0. The second-order valence-electron chi connectivity index (χ2n) is 6.17. The zero-order valence-electron chi connectivity index (χ0n) is 16.2. The minimum absolute atomic E-state index is 0.0662. The molecular weight excluding hydrogens is 378 g/mol. The molecule has 3 rings (SSSR count). The van der Waals surface area contributed by atoms with Gasteiger partial charge in [0, 0.05) is 5.56 Å². The average molecular weight is 399 g/mol. The summed E-state index contributed by atoms with van der Waals surface area (Å²) < 4.78 is 15.7. The third-order valence-corrected chi connectivity index (χ3v) is 4.45. The Bertz CT molecular complexity index is 906. The van der Waals surface area contributed by atoms with Crippen LogP contribution in [-0.2, 0) is 9.59 Å². The summed E-state index contributed by atoms with van der Waals surface area (Å²) in [6.07, 6.45) is -0.0662. The number of benzene rings is 2. The zero-order chi connectivity index (χ0) is 21.0. The van der Waals surface area contributed by atoms with Crippen LogP contribution < -0.4 is 30.0 Å². The Morgan fingerprint density at radius 2 is 1.62 bits per heavy atom. The Balaban J connectivity index is 1.71. The second kappa shape index (κ2) is 8.61. The lowest BCUT2D eigenvalue weighted by Gasteiger charge is -2.16. The van der Waals surface area contributed by atoms with E-state index in [0.29, 0.717) is 22.9 Å². The minimum Gasteiger partial charge on any atom is -0.493 e. The molecule has 9 heteroatoms. The van der Waals surface area contributed by atoms with E-state index in [-0.39, 0.29) is 17.9 Å².